The zero-order valence-corrected chi connectivity index (χ0v) is 17.3. The molecule has 3 rings (SSSR count). The minimum atomic E-state index is -0.518. The van der Waals surface area contributed by atoms with Gasteiger partial charge in [0.05, 0.1) is 17.1 Å². The van der Waals surface area contributed by atoms with Crippen molar-refractivity contribution in [2.45, 2.75) is 13.3 Å². The van der Waals surface area contributed by atoms with Gasteiger partial charge < -0.3 is 14.8 Å². The van der Waals surface area contributed by atoms with Gasteiger partial charge in [0.2, 0.25) is 0 Å². The number of methoxy groups -OCH3 is 1. The summed E-state index contributed by atoms with van der Waals surface area (Å²) in [6, 6.07) is 12.6. The first-order valence-electron chi connectivity index (χ1n) is 9.80. The Bertz CT molecular complexity index is 999. The number of non-ortho nitro benzene ring substituents is 1. The number of amides is 2. The summed E-state index contributed by atoms with van der Waals surface area (Å²) in [5.41, 5.74) is 1.23. The number of nitrogens with one attached hydrogen (secondary N) is 1. The van der Waals surface area contributed by atoms with Crippen molar-refractivity contribution in [3.8, 4) is 5.75 Å². The second-order valence-electron chi connectivity index (χ2n) is 6.74. The molecule has 1 aliphatic rings. The van der Waals surface area contributed by atoms with Crippen molar-refractivity contribution in [3.63, 3.8) is 0 Å². The van der Waals surface area contributed by atoms with Crippen LogP contribution in [0.1, 0.15) is 18.9 Å². The molecule has 9 nitrogen and oxygen atoms in total. The van der Waals surface area contributed by atoms with E-state index in [-0.39, 0.29) is 23.5 Å². The number of hydrogen-bond acceptors (Lipinski definition) is 7. The Morgan fingerprint density at radius 3 is 2.29 bits per heavy atom. The van der Waals surface area contributed by atoms with E-state index in [1.54, 1.807) is 31.4 Å². The Hall–Kier alpha value is -3.72. The molecule has 2 aromatic rings. The number of carbonyl (C=O) groups excluding carboxylic acids is 2. The zero-order chi connectivity index (χ0) is 22.4. The normalized spacial score (nSPS) is 13.7. The monoisotopic (exact) mass is 425 g/mol. The lowest BCUT2D eigenvalue weighted by molar-refractivity contribution is -0.384. The van der Waals surface area contributed by atoms with Gasteiger partial charge in [0, 0.05) is 38.1 Å². The third-order valence-corrected chi connectivity index (χ3v) is 4.70. The molecular formula is C22H23N3O6. The lowest BCUT2D eigenvalue weighted by Gasteiger charge is -2.15. The quantitative estimate of drug-likeness (QED) is 0.269. The van der Waals surface area contributed by atoms with Gasteiger partial charge in [0.1, 0.15) is 11.4 Å². The average molecular weight is 425 g/mol. The summed E-state index contributed by atoms with van der Waals surface area (Å²) in [6.07, 6.45) is 0.498. The van der Waals surface area contributed by atoms with E-state index in [0.29, 0.717) is 36.6 Å². The molecule has 162 valence electrons. The van der Waals surface area contributed by atoms with Gasteiger partial charge in [-0.05, 0) is 55.3 Å². The number of carbonyl (C=O) groups is 2. The maximum atomic E-state index is 13.1. The van der Waals surface area contributed by atoms with Crippen LogP contribution in [0.4, 0.5) is 11.4 Å². The predicted octanol–water partition coefficient (Wildman–Crippen LogP) is 3.22. The van der Waals surface area contributed by atoms with E-state index in [9.17, 15) is 19.7 Å². The molecule has 0 fully saturated rings. The van der Waals surface area contributed by atoms with Gasteiger partial charge in [0.15, 0.2) is 0 Å². The van der Waals surface area contributed by atoms with Crippen molar-refractivity contribution in [3.05, 3.63) is 69.9 Å². The summed E-state index contributed by atoms with van der Waals surface area (Å²) < 4.78 is 10.4. The van der Waals surface area contributed by atoms with E-state index >= 15 is 0 Å². The standard InChI is InChI=1S/C22H23N3O6/c1-3-31-18-11-7-16(8-12-18)23-20-19(15-5-9-17(10-6-15)25(28)29)21(26)24(22(20)27)13-4-14-30-2/h5-12,23H,3-4,13-14H2,1-2H3. The first kappa shape index (κ1) is 22.0. The Balaban J connectivity index is 1.95. The first-order chi connectivity index (χ1) is 15.0. The molecule has 2 aromatic carbocycles. The third kappa shape index (κ3) is 4.89. The molecule has 0 aromatic heterocycles. The molecular weight excluding hydrogens is 402 g/mol. The molecule has 2 amide bonds. The summed E-state index contributed by atoms with van der Waals surface area (Å²) in [5, 5.41) is 14.0. The van der Waals surface area contributed by atoms with Gasteiger partial charge in [-0.25, -0.2) is 0 Å². The van der Waals surface area contributed by atoms with Crippen LogP contribution >= 0.6 is 0 Å². The van der Waals surface area contributed by atoms with Crippen LogP contribution in [-0.4, -0.2) is 48.5 Å². The molecule has 0 bridgehead atoms. The number of anilines is 1. The number of rotatable bonds is 10. The van der Waals surface area contributed by atoms with Crippen LogP contribution in [0, 0.1) is 10.1 Å². The summed E-state index contributed by atoms with van der Waals surface area (Å²) in [7, 11) is 1.55. The minimum absolute atomic E-state index is 0.0981. The van der Waals surface area contributed by atoms with Crippen molar-refractivity contribution in [1.29, 1.82) is 0 Å². The Kier molecular flexibility index (Phi) is 6.99. The molecule has 31 heavy (non-hydrogen) atoms. The molecule has 0 saturated carbocycles. The number of benzene rings is 2. The second kappa shape index (κ2) is 9.86. The van der Waals surface area contributed by atoms with Gasteiger partial charge >= 0.3 is 0 Å². The second-order valence-corrected chi connectivity index (χ2v) is 6.74. The van der Waals surface area contributed by atoms with E-state index < -0.39 is 16.7 Å². The van der Waals surface area contributed by atoms with Gasteiger partial charge in [-0.15, -0.1) is 0 Å². The van der Waals surface area contributed by atoms with Crippen molar-refractivity contribution in [2.75, 3.05) is 32.2 Å². The van der Waals surface area contributed by atoms with Crippen LogP contribution < -0.4 is 10.1 Å². The number of hydrogen-bond donors (Lipinski definition) is 1. The fourth-order valence-electron chi connectivity index (χ4n) is 3.23. The van der Waals surface area contributed by atoms with E-state index in [1.165, 1.54) is 24.3 Å². The van der Waals surface area contributed by atoms with Gasteiger partial charge in [-0.1, -0.05) is 0 Å². The fourth-order valence-corrected chi connectivity index (χ4v) is 3.23. The summed E-state index contributed by atoms with van der Waals surface area (Å²) in [4.78, 5) is 37.7. The van der Waals surface area contributed by atoms with Crippen LogP contribution in [-0.2, 0) is 14.3 Å². The van der Waals surface area contributed by atoms with E-state index in [2.05, 4.69) is 5.32 Å². The van der Waals surface area contributed by atoms with Gasteiger partial charge in [0.25, 0.3) is 17.5 Å². The highest BCUT2D eigenvalue weighted by Gasteiger charge is 2.39. The summed E-state index contributed by atoms with van der Waals surface area (Å²) in [6.45, 7) is 3.03. The van der Waals surface area contributed by atoms with Crippen molar-refractivity contribution < 1.29 is 24.0 Å². The number of nitro benzene ring substituents is 1. The number of imide groups is 1. The van der Waals surface area contributed by atoms with Crippen LogP contribution in [0.2, 0.25) is 0 Å². The topological polar surface area (TPSA) is 111 Å². The summed E-state index contributed by atoms with van der Waals surface area (Å²) >= 11 is 0. The number of nitro groups is 1. The van der Waals surface area contributed by atoms with E-state index in [0.717, 1.165) is 4.90 Å². The fraction of sp³-hybridized carbons (Fsp3) is 0.273. The molecule has 0 unspecified atom stereocenters. The van der Waals surface area contributed by atoms with E-state index in [1.807, 2.05) is 6.92 Å². The highest BCUT2D eigenvalue weighted by molar-refractivity contribution is 6.36. The Labute approximate surface area is 179 Å². The van der Waals surface area contributed by atoms with Crippen LogP contribution in [0.25, 0.3) is 5.57 Å². The number of nitrogens with zero attached hydrogens (tertiary/aromatic N) is 2. The zero-order valence-electron chi connectivity index (χ0n) is 17.3. The highest BCUT2D eigenvalue weighted by Crippen LogP contribution is 2.32. The predicted molar refractivity (Wildman–Crippen MR) is 114 cm³/mol. The summed E-state index contributed by atoms with van der Waals surface area (Å²) in [5.74, 6) is -0.223. The van der Waals surface area contributed by atoms with Crippen molar-refractivity contribution in [1.82, 2.24) is 4.90 Å². The molecule has 1 aliphatic heterocycles. The lowest BCUT2D eigenvalue weighted by Crippen LogP contribution is -2.33. The molecule has 0 aliphatic carbocycles. The molecule has 9 heteroatoms. The first-order valence-corrected chi connectivity index (χ1v) is 9.80. The lowest BCUT2D eigenvalue weighted by atomic mass is 10.0. The maximum Gasteiger partial charge on any atom is 0.278 e. The smallest absolute Gasteiger partial charge is 0.278 e. The third-order valence-electron chi connectivity index (χ3n) is 4.70. The largest absolute Gasteiger partial charge is 0.494 e. The van der Waals surface area contributed by atoms with Gasteiger partial charge in [-0.3, -0.25) is 24.6 Å². The molecule has 0 atom stereocenters. The Morgan fingerprint density at radius 1 is 1.03 bits per heavy atom. The van der Waals surface area contributed by atoms with Crippen molar-refractivity contribution >= 4 is 28.8 Å². The highest BCUT2D eigenvalue weighted by atomic mass is 16.6. The SMILES string of the molecule is CCOc1ccc(NC2=C(c3ccc([N+](=O)[O-])cc3)C(=O)N(CCCOC)C2=O)cc1. The minimum Gasteiger partial charge on any atom is -0.494 e. The molecule has 0 spiro atoms. The maximum absolute atomic E-state index is 13.1. The van der Waals surface area contributed by atoms with E-state index in [4.69, 9.17) is 9.47 Å². The van der Waals surface area contributed by atoms with Crippen LogP contribution in [0.15, 0.2) is 54.2 Å². The molecule has 0 saturated heterocycles. The molecule has 0 radical (unpaired) electrons. The van der Waals surface area contributed by atoms with Gasteiger partial charge in [-0.2, -0.15) is 0 Å². The van der Waals surface area contributed by atoms with Crippen LogP contribution in [0.5, 0.6) is 5.75 Å². The average Bonchev–Trinajstić information content (AvgIpc) is 2.99. The number of ether oxygens (including phenoxy) is 2. The molecule has 1 N–H and O–H groups in total. The Morgan fingerprint density at radius 2 is 1.71 bits per heavy atom. The molecule has 1 heterocycles. The van der Waals surface area contributed by atoms with Crippen LogP contribution in [0.3, 0.4) is 0 Å². The van der Waals surface area contributed by atoms with Crippen molar-refractivity contribution in [2.24, 2.45) is 0 Å².